The van der Waals surface area contributed by atoms with Crippen molar-refractivity contribution in [2.24, 2.45) is 5.41 Å². The van der Waals surface area contributed by atoms with Crippen LogP contribution in [0.2, 0.25) is 0 Å². The van der Waals surface area contributed by atoms with Gasteiger partial charge in [-0.25, -0.2) is 9.59 Å². The molecule has 6 heteroatoms. The van der Waals surface area contributed by atoms with Gasteiger partial charge in [-0.15, -0.1) is 0 Å². The molecule has 2 rings (SSSR count). The van der Waals surface area contributed by atoms with Crippen LogP contribution in [-0.2, 0) is 14.4 Å². The fourth-order valence-corrected chi connectivity index (χ4v) is 1.88. The summed E-state index contributed by atoms with van der Waals surface area (Å²) in [5.74, 6) is 0.0690. The van der Waals surface area contributed by atoms with Crippen molar-refractivity contribution in [1.29, 1.82) is 0 Å². The van der Waals surface area contributed by atoms with E-state index >= 15 is 0 Å². The maximum absolute atomic E-state index is 11.6. The van der Waals surface area contributed by atoms with Gasteiger partial charge in [0.1, 0.15) is 5.75 Å². The zero-order valence-electron chi connectivity index (χ0n) is 15.9. The second-order valence-electron chi connectivity index (χ2n) is 7.04. The number of rotatable bonds is 6. The third kappa shape index (κ3) is 5.97. The SMILES string of the molecule is C=C(C)C(=O)Oc1ccc(-c2ccc(ONOC(=O)C(C)(C)C)cc2)cc1. The van der Waals surface area contributed by atoms with Gasteiger partial charge in [-0.2, -0.15) is 0 Å². The van der Waals surface area contributed by atoms with Crippen molar-refractivity contribution >= 4 is 11.9 Å². The summed E-state index contributed by atoms with van der Waals surface area (Å²) in [6.07, 6.45) is 0. The minimum Gasteiger partial charge on any atom is -0.423 e. The van der Waals surface area contributed by atoms with Crippen LogP contribution in [0, 0.1) is 5.41 Å². The van der Waals surface area contributed by atoms with Gasteiger partial charge in [0.25, 0.3) is 0 Å². The molecular weight excluding hydrogens is 346 g/mol. The highest BCUT2D eigenvalue weighted by molar-refractivity contribution is 5.88. The van der Waals surface area contributed by atoms with Gasteiger partial charge in [0, 0.05) is 11.2 Å². The molecule has 0 aliphatic carbocycles. The van der Waals surface area contributed by atoms with Crippen molar-refractivity contribution < 1.29 is 24.0 Å². The average Bonchev–Trinajstić information content (AvgIpc) is 2.62. The normalized spacial score (nSPS) is 10.8. The predicted molar refractivity (Wildman–Crippen MR) is 102 cm³/mol. The van der Waals surface area contributed by atoms with Gasteiger partial charge in [-0.05, 0) is 63.1 Å². The van der Waals surface area contributed by atoms with E-state index in [0.717, 1.165) is 11.1 Å². The summed E-state index contributed by atoms with van der Waals surface area (Å²) in [7, 11) is 0. The average molecular weight is 369 g/mol. The van der Waals surface area contributed by atoms with Crippen molar-refractivity contribution in [3.63, 3.8) is 0 Å². The van der Waals surface area contributed by atoms with Gasteiger partial charge in [0.15, 0.2) is 5.75 Å². The molecule has 0 bridgehead atoms. The Labute approximate surface area is 158 Å². The van der Waals surface area contributed by atoms with Crippen LogP contribution in [-0.4, -0.2) is 11.9 Å². The molecule has 0 aliphatic heterocycles. The molecule has 0 unspecified atom stereocenters. The Kier molecular flexibility index (Phi) is 6.36. The molecule has 0 atom stereocenters. The fourth-order valence-electron chi connectivity index (χ4n) is 1.88. The first-order chi connectivity index (χ1) is 12.7. The second-order valence-corrected chi connectivity index (χ2v) is 7.04. The molecule has 27 heavy (non-hydrogen) atoms. The van der Waals surface area contributed by atoms with Crippen molar-refractivity contribution in [1.82, 2.24) is 5.64 Å². The van der Waals surface area contributed by atoms with Crippen molar-refractivity contribution in [3.8, 4) is 22.6 Å². The first-order valence-corrected chi connectivity index (χ1v) is 8.38. The maximum Gasteiger partial charge on any atom is 0.338 e. The van der Waals surface area contributed by atoms with Crippen LogP contribution in [0.1, 0.15) is 27.7 Å². The van der Waals surface area contributed by atoms with E-state index in [0.29, 0.717) is 17.1 Å². The quantitative estimate of drug-likeness (QED) is 0.356. The van der Waals surface area contributed by atoms with E-state index in [9.17, 15) is 9.59 Å². The molecule has 142 valence electrons. The lowest BCUT2D eigenvalue weighted by molar-refractivity contribution is -0.180. The molecule has 0 aliphatic rings. The predicted octanol–water partition coefficient (Wildman–Crippen LogP) is 4.22. The Morgan fingerprint density at radius 2 is 1.37 bits per heavy atom. The fraction of sp³-hybridized carbons (Fsp3) is 0.238. The number of hydrogen-bond donors (Lipinski definition) is 1. The molecular formula is C21H23NO5. The van der Waals surface area contributed by atoms with Crippen LogP contribution in [0.25, 0.3) is 11.1 Å². The lowest BCUT2D eigenvalue weighted by Crippen LogP contribution is -2.31. The van der Waals surface area contributed by atoms with E-state index in [-0.39, 0.29) is 0 Å². The molecule has 0 spiro atoms. The molecule has 0 heterocycles. The highest BCUT2D eigenvalue weighted by Gasteiger charge is 2.23. The third-order valence-electron chi connectivity index (χ3n) is 3.51. The minimum atomic E-state index is -0.620. The van der Waals surface area contributed by atoms with E-state index in [1.165, 1.54) is 0 Å². The molecule has 2 aromatic rings. The van der Waals surface area contributed by atoms with Crippen molar-refractivity contribution in [2.45, 2.75) is 27.7 Å². The molecule has 0 radical (unpaired) electrons. The van der Waals surface area contributed by atoms with Crippen LogP contribution in [0.5, 0.6) is 11.5 Å². The summed E-state index contributed by atoms with van der Waals surface area (Å²) in [4.78, 5) is 33.2. The van der Waals surface area contributed by atoms with Gasteiger partial charge in [-0.1, -0.05) is 30.8 Å². The molecule has 1 N–H and O–H groups in total. The summed E-state index contributed by atoms with van der Waals surface area (Å²) in [5.41, 5.74) is 3.82. The van der Waals surface area contributed by atoms with E-state index in [2.05, 4.69) is 12.2 Å². The molecule has 0 amide bonds. The summed E-state index contributed by atoms with van der Waals surface area (Å²) in [6, 6.07) is 14.3. The Morgan fingerprint density at radius 3 is 1.81 bits per heavy atom. The molecule has 0 saturated carbocycles. The first-order valence-electron chi connectivity index (χ1n) is 8.38. The van der Waals surface area contributed by atoms with Gasteiger partial charge in [-0.3, -0.25) is 0 Å². The largest absolute Gasteiger partial charge is 0.423 e. The van der Waals surface area contributed by atoms with Crippen LogP contribution in [0.4, 0.5) is 0 Å². The van der Waals surface area contributed by atoms with E-state index in [1.807, 2.05) is 24.3 Å². The number of nitrogens with one attached hydrogen (secondary N) is 1. The molecule has 0 aromatic heterocycles. The van der Waals surface area contributed by atoms with Gasteiger partial charge in [0.05, 0.1) is 5.41 Å². The second kappa shape index (κ2) is 8.51. The van der Waals surface area contributed by atoms with Crippen LogP contribution >= 0.6 is 0 Å². The summed E-state index contributed by atoms with van der Waals surface area (Å²) < 4.78 is 5.17. The van der Waals surface area contributed by atoms with Gasteiger partial charge < -0.3 is 14.4 Å². The number of ether oxygens (including phenoxy) is 1. The number of carbonyl (C=O) groups excluding carboxylic acids is 2. The molecule has 0 saturated heterocycles. The van der Waals surface area contributed by atoms with E-state index in [1.54, 1.807) is 52.0 Å². The third-order valence-corrected chi connectivity index (χ3v) is 3.51. The maximum atomic E-state index is 11.6. The summed E-state index contributed by atoms with van der Waals surface area (Å²) >= 11 is 0. The lowest BCUT2D eigenvalue weighted by Gasteiger charge is -2.16. The van der Waals surface area contributed by atoms with E-state index in [4.69, 9.17) is 14.4 Å². The molecule has 2 aromatic carbocycles. The highest BCUT2D eigenvalue weighted by atomic mass is 16.9. The summed E-state index contributed by atoms with van der Waals surface area (Å²) in [6.45, 7) is 10.4. The Bertz CT molecular complexity index is 817. The minimum absolute atomic E-state index is 0.344. The number of esters is 1. The number of benzene rings is 2. The zero-order chi connectivity index (χ0) is 20.0. The van der Waals surface area contributed by atoms with Crippen molar-refractivity contribution in [3.05, 3.63) is 60.7 Å². The van der Waals surface area contributed by atoms with Crippen LogP contribution in [0.3, 0.4) is 0 Å². The standard InChI is InChI=1S/C21H23NO5/c1-14(2)19(23)25-17-10-6-15(7-11-17)16-8-12-18(13-9-16)26-22-27-20(24)21(3,4)5/h6-13,22H,1H2,2-5H3. The zero-order valence-corrected chi connectivity index (χ0v) is 15.9. The molecule has 0 fully saturated rings. The smallest absolute Gasteiger partial charge is 0.338 e. The Hall–Kier alpha value is -3.12. The topological polar surface area (TPSA) is 73.9 Å². The lowest BCUT2D eigenvalue weighted by atomic mass is 9.98. The first kappa shape index (κ1) is 20.2. The van der Waals surface area contributed by atoms with Crippen LogP contribution < -0.4 is 15.2 Å². The highest BCUT2D eigenvalue weighted by Crippen LogP contribution is 2.25. The Morgan fingerprint density at radius 1 is 0.889 bits per heavy atom. The van der Waals surface area contributed by atoms with Gasteiger partial charge in [0.2, 0.25) is 0 Å². The van der Waals surface area contributed by atoms with Gasteiger partial charge >= 0.3 is 11.9 Å². The Balaban J connectivity index is 1.94. The summed E-state index contributed by atoms with van der Waals surface area (Å²) in [5, 5.41) is 0. The monoisotopic (exact) mass is 369 g/mol. The van der Waals surface area contributed by atoms with Crippen LogP contribution in [0.15, 0.2) is 60.7 Å². The number of carbonyl (C=O) groups is 2. The molecule has 6 nitrogen and oxygen atoms in total. The van der Waals surface area contributed by atoms with Crippen molar-refractivity contribution in [2.75, 3.05) is 0 Å². The number of hydrogen-bond acceptors (Lipinski definition) is 6. The van der Waals surface area contributed by atoms with E-state index < -0.39 is 17.4 Å².